The summed E-state index contributed by atoms with van der Waals surface area (Å²) in [5.41, 5.74) is -2.67. The fourth-order valence-electron chi connectivity index (χ4n) is 3.71. The van der Waals surface area contributed by atoms with Crippen LogP contribution in [-0.4, -0.2) is 53.8 Å². The van der Waals surface area contributed by atoms with Crippen LogP contribution in [0, 0.1) is 5.41 Å². The summed E-state index contributed by atoms with van der Waals surface area (Å²) >= 11 is 0. The van der Waals surface area contributed by atoms with Gasteiger partial charge in [-0.15, -0.1) is 0 Å². The minimum atomic E-state index is -4.77. The second-order valence-corrected chi connectivity index (χ2v) is 7.42. The Bertz CT molecular complexity index is 667. The molecule has 0 saturated carbocycles. The molecule has 3 rings (SSSR count). The Labute approximate surface area is 144 Å². The van der Waals surface area contributed by atoms with Crippen LogP contribution in [0.2, 0.25) is 0 Å². The number of aliphatic hydroxyl groups is 1. The number of piperidine rings is 1. The predicted molar refractivity (Wildman–Crippen MR) is 86.0 cm³/mol. The van der Waals surface area contributed by atoms with Crippen molar-refractivity contribution in [3.05, 3.63) is 24.0 Å². The number of pyridine rings is 1. The van der Waals surface area contributed by atoms with Gasteiger partial charge in [0.1, 0.15) is 0 Å². The molecule has 2 fully saturated rings. The van der Waals surface area contributed by atoms with Crippen LogP contribution in [-0.2, 0) is 10.4 Å². The van der Waals surface area contributed by atoms with Crippen LogP contribution < -0.4 is 4.90 Å². The topological polar surface area (TPSA) is 56.7 Å². The Kier molecular flexibility index (Phi) is 4.21. The number of anilines is 1. The number of likely N-dealkylation sites (tertiary alicyclic amines) is 1. The van der Waals surface area contributed by atoms with Crippen molar-refractivity contribution in [3.63, 3.8) is 0 Å². The Morgan fingerprint density at radius 1 is 1.24 bits per heavy atom. The van der Waals surface area contributed by atoms with Gasteiger partial charge in [-0.3, -0.25) is 9.78 Å². The molecule has 1 aromatic heterocycles. The van der Waals surface area contributed by atoms with Gasteiger partial charge in [0.25, 0.3) is 0 Å². The summed E-state index contributed by atoms with van der Waals surface area (Å²) in [5, 5.41) is 9.84. The van der Waals surface area contributed by atoms with Crippen LogP contribution in [0.15, 0.2) is 18.5 Å². The largest absolute Gasteiger partial charge is 0.421 e. The molecule has 0 aromatic carbocycles. The van der Waals surface area contributed by atoms with E-state index in [4.69, 9.17) is 0 Å². The predicted octanol–water partition coefficient (Wildman–Crippen LogP) is 2.30. The van der Waals surface area contributed by atoms with Crippen molar-refractivity contribution >= 4 is 11.6 Å². The zero-order valence-corrected chi connectivity index (χ0v) is 14.3. The average molecular weight is 357 g/mol. The smallest absolute Gasteiger partial charge is 0.376 e. The van der Waals surface area contributed by atoms with Crippen molar-refractivity contribution < 1.29 is 23.1 Å². The van der Waals surface area contributed by atoms with E-state index in [1.807, 2.05) is 4.90 Å². The van der Waals surface area contributed by atoms with E-state index in [1.54, 1.807) is 11.9 Å². The zero-order chi connectivity index (χ0) is 18.5. The number of nitrogens with zero attached hydrogens (tertiary/aromatic N) is 3. The standard InChI is InChI=1S/C17H22F3N3O2/c1-15(25,17(18,19)20)12-7-13(10-21-9-12)23-5-3-16(4-6-23)8-14(24)22(2)11-16/h7,9-10,25H,3-6,8,11H2,1-2H3/t15-/m1/s1. The summed E-state index contributed by atoms with van der Waals surface area (Å²) in [7, 11) is 1.80. The summed E-state index contributed by atoms with van der Waals surface area (Å²) in [6.07, 6.45) is -0.0503. The fraction of sp³-hybridized carbons (Fsp3) is 0.647. The van der Waals surface area contributed by atoms with E-state index in [9.17, 15) is 23.1 Å². The molecule has 0 aliphatic carbocycles. The molecule has 1 atom stereocenters. The molecule has 0 unspecified atom stereocenters. The van der Waals surface area contributed by atoms with Crippen LogP contribution >= 0.6 is 0 Å². The lowest BCUT2D eigenvalue weighted by Crippen LogP contribution is -2.42. The van der Waals surface area contributed by atoms with Crippen LogP contribution in [0.1, 0.15) is 31.7 Å². The Morgan fingerprint density at radius 3 is 2.40 bits per heavy atom. The number of rotatable bonds is 2. The minimum absolute atomic E-state index is 0.0230. The first-order valence-corrected chi connectivity index (χ1v) is 8.28. The van der Waals surface area contributed by atoms with Gasteiger partial charge in [0, 0.05) is 50.3 Å². The molecule has 1 N–H and O–H groups in total. The molecule has 1 spiro atoms. The van der Waals surface area contributed by atoms with Gasteiger partial charge in [-0.1, -0.05) is 0 Å². The molecule has 2 aliphatic rings. The monoisotopic (exact) mass is 357 g/mol. The third kappa shape index (κ3) is 3.19. The van der Waals surface area contributed by atoms with E-state index in [2.05, 4.69) is 4.98 Å². The molecule has 1 amide bonds. The van der Waals surface area contributed by atoms with Crippen LogP contribution in [0.25, 0.3) is 0 Å². The highest BCUT2D eigenvalue weighted by atomic mass is 19.4. The SMILES string of the molecule is CN1CC2(CCN(c3cncc([C@@](C)(O)C(F)(F)F)c3)CC2)CC1=O. The molecule has 25 heavy (non-hydrogen) atoms. The number of carbonyl (C=O) groups excluding carboxylic acids is 1. The van der Waals surface area contributed by atoms with E-state index >= 15 is 0 Å². The van der Waals surface area contributed by atoms with Crippen LogP contribution in [0.5, 0.6) is 0 Å². The van der Waals surface area contributed by atoms with E-state index < -0.39 is 11.8 Å². The van der Waals surface area contributed by atoms with E-state index in [1.165, 1.54) is 12.3 Å². The van der Waals surface area contributed by atoms with E-state index in [-0.39, 0.29) is 16.9 Å². The fourth-order valence-corrected chi connectivity index (χ4v) is 3.71. The second-order valence-electron chi connectivity index (χ2n) is 7.42. The van der Waals surface area contributed by atoms with Crippen molar-refractivity contribution in [2.45, 2.75) is 38.0 Å². The first kappa shape index (κ1) is 18.0. The Morgan fingerprint density at radius 2 is 1.88 bits per heavy atom. The number of halogens is 3. The number of carbonyl (C=O) groups is 1. The summed E-state index contributed by atoms with van der Waals surface area (Å²) in [4.78, 5) is 19.4. The van der Waals surface area contributed by atoms with E-state index in [0.29, 0.717) is 25.2 Å². The van der Waals surface area contributed by atoms with Crippen LogP contribution in [0.3, 0.4) is 0 Å². The Hall–Kier alpha value is -1.83. The Balaban J connectivity index is 1.75. The maximum Gasteiger partial charge on any atom is 0.421 e. The lowest BCUT2D eigenvalue weighted by molar-refractivity contribution is -0.259. The van der Waals surface area contributed by atoms with Gasteiger partial charge in [0.2, 0.25) is 5.91 Å². The van der Waals surface area contributed by atoms with Crippen molar-refractivity contribution in [2.24, 2.45) is 5.41 Å². The van der Waals surface area contributed by atoms with Crippen molar-refractivity contribution in [1.29, 1.82) is 0 Å². The van der Waals surface area contributed by atoms with Gasteiger partial charge in [0.05, 0.1) is 11.9 Å². The van der Waals surface area contributed by atoms with Gasteiger partial charge in [-0.05, 0) is 25.8 Å². The zero-order valence-electron chi connectivity index (χ0n) is 14.3. The van der Waals surface area contributed by atoms with Gasteiger partial charge >= 0.3 is 6.18 Å². The molecule has 8 heteroatoms. The lowest BCUT2D eigenvalue weighted by atomic mass is 9.77. The minimum Gasteiger partial charge on any atom is -0.376 e. The molecule has 1 aromatic rings. The maximum atomic E-state index is 13.0. The highest BCUT2D eigenvalue weighted by Gasteiger charge is 2.51. The van der Waals surface area contributed by atoms with Gasteiger partial charge in [-0.25, -0.2) is 0 Å². The molecular weight excluding hydrogens is 335 g/mol. The molecule has 5 nitrogen and oxygen atoms in total. The van der Waals surface area contributed by atoms with Gasteiger partial charge in [-0.2, -0.15) is 13.2 Å². The molecular formula is C17H22F3N3O2. The molecule has 0 bridgehead atoms. The van der Waals surface area contributed by atoms with Crippen molar-refractivity contribution in [3.8, 4) is 0 Å². The first-order chi connectivity index (χ1) is 11.5. The molecule has 2 aliphatic heterocycles. The molecule has 3 heterocycles. The quantitative estimate of drug-likeness (QED) is 0.883. The van der Waals surface area contributed by atoms with Crippen LogP contribution in [0.4, 0.5) is 18.9 Å². The third-order valence-corrected chi connectivity index (χ3v) is 5.55. The second kappa shape index (κ2) is 5.86. The highest BCUT2D eigenvalue weighted by molar-refractivity contribution is 5.79. The average Bonchev–Trinajstić information content (AvgIpc) is 2.81. The van der Waals surface area contributed by atoms with E-state index in [0.717, 1.165) is 32.5 Å². The van der Waals surface area contributed by atoms with Gasteiger partial charge in [0.15, 0.2) is 5.60 Å². The molecule has 0 radical (unpaired) electrons. The number of hydrogen-bond acceptors (Lipinski definition) is 4. The first-order valence-electron chi connectivity index (χ1n) is 8.28. The highest BCUT2D eigenvalue weighted by Crippen LogP contribution is 2.42. The number of alkyl halides is 3. The summed E-state index contributed by atoms with van der Waals surface area (Å²) in [6.45, 7) is 2.78. The number of hydrogen-bond donors (Lipinski definition) is 1. The third-order valence-electron chi connectivity index (χ3n) is 5.55. The number of aromatic nitrogens is 1. The molecule has 2 saturated heterocycles. The lowest BCUT2D eigenvalue weighted by Gasteiger charge is -2.40. The normalized spacial score (nSPS) is 23.2. The van der Waals surface area contributed by atoms with Crippen molar-refractivity contribution in [2.75, 3.05) is 31.6 Å². The summed E-state index contributed by atoms with van der Waals surface area (Å²) in [5.74, 6) is 0.151. The van der Waals surface area contributed by atoms with Crippen molar-refractivity contribution in [1.82, 2.24) is 9.88 Å². The maximum absolute atomic E-state index is 13.0. The summed E-state index contributed by atoms with van der Waals surface area (Å²) < 4.78 is 39.1. The number of amides is 1. The molecule has 138 valence electrons. The van der Waals surface area contributed by atoms with Gasteiger partial charge < -0.3 is 14.9 Å². The summed E-state index contributed by atoms with van der Waals surface area (Å²) in [6, 6.07) is 1.35.